The summed E-state index contributed by atoms with van der Waals surface area (Å²) in [5, 5.41) is 20.6. The van der Waals surface area contributed by atoms with Crippen molar-refractivity contribution in [3.05, 3.63) is 41.5 Å². The Morgan fingerprint density at radius 2 is 1.65 bits per heavy atom. The van der Waals surface area contributed by atoms with Crippen LogP contribution in [-0.2, 0) is 14.3 Å². The highest BCUT2D eigenvalue weighted by atomic mass is 16.6. The molecule has 0 saturated carbocycles. The van der Waals surface area contributed by atoms with Crippen molar-refractivity contribution in [2.75, 3.05) is 20.8 Å². The highest BCUT2D eigenvalue weighted by molar-refractivity contribution is 5.76. The van der Waals surface area contributed by atoms with Gasteiger partial charge in [-0.3, -0.25) is 4.79 Å². The van der Waals surface area contributed by atoms with E-state index in [0.717, 1.165) is 5.56 Å². The number of cyclic esters (lactones) is 1. The fourth-order valence-corrected chi connectivity index (χ4v) is 4.28. The van der Waals surface area contributed by atoms with E-state index in [1.807, 2.05) is 19.9 Å². The predicted octanol–water partition coefficient (Wildman–Crippen LogP) is 3.50. The van der Waals surface area contributed by atoms with E-state index in [1.54, 1.807) is 24.3 Å². The number of fused-ring (bicyclic) bond motifs is 1. The third-order valence-corrected chi connectivity index (χ3v) is 5.66. The molecule has 4 rings (SSSR count). The molecule has 166 valence electrons. The molecule has 2 aromatic carbocycles. The van der Waals surface area contributed by atoms with Crippen LogP contribution in [0, 0.1) is 11.8 Å². The summed E-state index contributed by atoms with van der Waals surface area (Å²) in [6.07, 6.45) is -1.16. The molecule has 0 aromatic heterocycles. The molecule has 2 aromatic rings. The summed E-state index contributed by atoms with van der Waals surface area (Å²) in [5.41, 5.74) is 1.36. The molecule has 2 N–H and O–H groups in total. The zero-order valence-electron chi connectivity index (χ0n) is 17.8. The molecule has 4 atom stereocenters. The number of methoxy groups -OCH3 is 2. The van der Waals surface area contributed by atoms with E-state index in [4.69, 9.17) is 23.7 Å². The normalized spacial score (nSPS) is 24.7. The number of carbonyl (C=O) groups excluding carboxylic acids is 1. The molecule has 0 bridgehead atoms. The molecule has 8 nitrogen and oxygen atoms in total. The van der Waals surface area contributed by atoms with Gasteiger partial charge in [-0.25, -0.2) is 0 Å². The van der Waals surface area contributed by atoms with Crippen molar-refractivity contribution in [2.24, 2.45) is 11.8 Å². The molecule has 8 heteroatoms. The van der Waals surface area contributed by atoms with Gasteiger partial charge in [0.25, 0.3) is 0 Å². The molecule has 2 saturated heterocycles. The Kier molecular flexibility index (Phi) is 5.58. The van der Waals surface area contributed by atoms with Crippen LogP contribution in [0.1, 0.15) is 37.2 Å². The van der Waals surface area contributed by atoms with Crippen molar-refractivity contribution in [2.45, 2.75) is 32.2 Å². The van der Waals surface area contributed by atoms with Crippen LogP contribution in [0.3, 0.4) is 0 Å². The maximum Gasteiger partial charge on any atom is 0.312 e. The number of hydrogen-bond donors (Lipinski definition) is 2. The summed E-state index contributed by atoms with van der Waals surface area (Å²) < 4.78 is 27.8. The minimum atomic E-state index is -0.623. The minimum absolute atomic E-state index is 0.00742. The smallest absolute Gasteiger partial charge is 0.312 e. The lowest BCUT2D eigenvalue weighted by Gasteiger charge is -2.20. The van der Waals surface area contributed by atoms with Crippen molar-refractivity contribution in [1.82, 2.24) is 0 Å². The summed E-state index contributed by atoms with van der Waals surface area (Å²) >= 11 is 0. The molecule has 0 amide bonds. The Labute approximate surface area is 180 Å². The van der Waals surface area contributed by atoms with E-state index < -0.39 is 18.1 Å². The average Bonchev–Trinajstić information content (AvgIpc) is 3.30. The molecular formula is C23H26O8. The number of benzene rings is 2. The van der Waals surface area contributed by atoms with Crippen LogP contribution in [0.25, 0.3) is 0 Å². The minimum Gasteiger partial charge on any atom is -0.504 e. The van der Waals surface area contributed by atoms with Gasteiger partial charge in [-0.2, -0.15) is 0 Å². The van der Waals surface area contributed by atoms with Crippen molar-refractivity contribution in [3.8, 4) is 28.7 Å². The quantitative estimate of drug-likeness (QED) is 0.671. The number of ether oxygens (including phenoxy) is 5. The van der Waals surface area contributed by atoms with Gasteiger partial charge in [-0.1, -0.05) is 6.07 Å². The summed E-state index contributed by atoms with van der Waals surface area (Å²) in [4.78, 5) is 12.6. The van der Waals surface area contributed by atoms with Gasteiger partial charge in [0.05, 0.1) is 45.1 Å². The van der Waals surface area contributed by atoms with Gasteiger partial charge >= 0.3 is 5.97 Å². The highest BCUT2D eigenvalue weighted by Crippen LogP contribution is 2.54. The van der Waals surface area contributed by atoms with Gasteiger partial charge in [-0.15, -0.1) is 0 Å². The van der Waals surface area contributed by atoms with E-state index in [0.29, 0.717) is 11.3 Å². The topological polar surface area (TPSA) is 104 Å². The van der Waals surface area contributed by atoms with Gasteiger partial charge in [0, 0.05) is 5.92 Å². The first-order valence-corrected chi connectivity index (χ1v) is 10.1. The van der Waals surface area contributed by atoms with Gasteiger partial charge in [-0.05, 0) is 49.2 Å². The van der Waals surface area contributed by atoms with Crippen LogP contribution in [0.4, 0.5) is 0 Å². The number of hydrogen-bond acceptors (Lipinski definition) is 8. The SMILES string of the molecule is COc1cc([C@@H]2O[C@@H](c3ccc(OC(C)C)c(O)c3)[C@@H]3COC(=O)[C@H]32)cc(OC)c1O. The molecule has 0 radical (unpaired) electrons. The molecular weight excluding hydrogens is 404 g/mol. The lowest BCUT2D eigenvalue weighted by molar-refractivity contribution is -0.145. The second kappa shape index (κ2) is 8.19. The number of rotatable bonds is 6. The predicted molar refractivity (Wildman–Crippen MR) is 110 cm³/mol. The Hall–Kier alpha value is -3.13. The molecule has 2 heterocycles. The number of aromatic hydroxyl groups is 2. The zero-order valence-corrected chi connectivity index (χ0v) is 17.8. The number of carbonyl (C=O) groups is 1. The first kappa shape index (κ1) is 21.1. The van der Waals surface area contributed by atoms with Crippen LogP contribution >= 0.6 is 0 Å². The molecule has 0 spiro atoms. The highest BCUT2D eigenvalue weighted by Gasteiger charge is 2.54. The molecule has 2 aliphatic heterocycles. The van der Waals surface area contributed by atoms with Crippen LogP contribution in [0.5, 0.6) is 28.7 Å². The van der Waals surface area contributed by atoms with Crippen molar-refractivity contribution >= 4 is 5.97 Å². The molecule has 0 aliphatic carbocycles. The Morgan fingerprint density at radius 1 is 0.968 bits per heavy atom. The first-order valence-electron chi connectivity index (χ1n) is 10.1. The summed E-state index contributed by atoms with van der Waals surface area (Å²) in [6, 6.07) is 8.38. The molecule has 2 fully saturated rings. The monoisotopic (exact) mass is 430 g/mol. The Balaban J connectivity index is 1.70. The number of phenols is 2. The number of esters is 1. The second-order valence-corrected chi connectivity index (χ2v) is 7.96. The van der Waals surface area contributed by atoms with E-state index in [2.05, 4.69) is 0 Å². The largest absolute Gasteiger partial charge is 0.504 e. The van der Waals surface area contributed by atoms with Crippen molar-refractivity contribution in [1.29, 1.82) is 0 Å². The summed E-state index contributed by atoms with van der Waals surface area (Å²) in [7, 11) is 2.87. The van der Waals surface area contributed by atoms with Gasteiger partial charge < -0.3 is 33.9 Å². The summed E-state index contributed by atoms with van der Waals surface area (Å²) in [6.45, 7) is 3.98. The van der Waals surface area contributed by atoms with Crippen LogP contribution < -0.4 is 14.2 Å². The van der Waals surface area contributed by atoms with Gasteiger partial charge in [0.15, 0.2) is 23.0 Å². The van der Waals surface area contributed by atoms with Gasteiger partial charge in [0.1, 0.15) is 0 Å². The standard InChI is InChI=1S/C23H26O8/c1-11(2)30-16-6-5-12(7-15(16)24)21-14-10-29-23(26)19(14)22(31-21)13-8-17(27-3)20(25)18(9-13)28-4/h5-9,11,14,19,21-22,24-25H,10H2,1-4H3/t14-,19-,21+,22+/m1/s1. The second-order valence-electron chi connectivity index (χ2n) is 7.96. The lowest BCUT2D eigenvalue weighted by atomic mass is 9.85. The fourth-order valence-electron chi connectivity index (χ4n) is 4.28. The van der Waals surface area contributed by atoms with Crippen LogP contribution in [0.2, 0.25) is 0 Å². The Morgan fingerprint density at radius 3 is 2.23 bits per heavy atom. The third-order valence-electron chi connectivity index (χ3n) is 5.66. The van der Waals surface area contributed by atoms with Crippen molar-refractivity contribution in [3.63, 3.8) is 0 Å². The van der Waals surface area contributed by atoms with Crippen molar-refractivity contribution < 1.29 is 38.7 Å². The van der Waals surface area contributed by atoms with Gasteiger partial charge in [0.2, 0.25) is 5.75 Å². The summed E-state index contributed by atoms with van der Waals surface area (Å²) in [5.74, 6) is -0.386. The molecule has 2 aliphatic rings. The maximum atomic E-state index is 12.6. The lowest BCUT2D eigenvalue weighted by Crippen LogP contribution is -2.18. The van der Waals surface area contributed by atoms with E-state index in [1.165, 1.54) is 14.2 Å². The number of phenolic OH excluding ortho intramolecular Hbond substituents is 2. The molecule has 0 unspecified atom stereocenters. The van der Waals surface area contributed by atoms with E-state index >= 15 is 0 Å². The van der Waals surface area contributed by atoms with Crippen LogP contribution in [-0.4, -0.2) is 43.1 Å². The average molecular weight is 430 g/mol. The maximum absolute atomic E-state index is 12.6. The first-order chi connectivity index (χ1) is 14.8. The third kappa shape index (κ3) is 3.72. The van der Waals surface area contributed by atoms with Crippen LogP contribution in [0.15, 0.2) is 30.3 Å². The fraction of sp³-hybridized carbons (Fsp3) is 0.435. The van der Waals surface area contributed by atoms with E-state index in [9.17, 15) is 15.0 Å². The molecule has 31 heavy (non-hydrogen) atoms. The zero-order chi connectivity index (χ0) is 22.3. The Bertz CT molecular complexity index is 961. The van der Waals surface area contributed by atoms with E-state index in [-0.39, 0.29) is 47.6 Å².